The Bertz CT molecular complexity index is 467. The molecule has 0 N–H and O–H groups in total. The Balaban J connectivity index is 5.78. The summed E-state index contributed by atoms with van der Waals surface area (Å²) in [5, 5.41) is 0. The van der Waals surface area contributed by atoms with Crippen molar-refractivity contribution >= 4 is 26.4 Å². The lowest BCUT2D eigenvalue weighted by atomic mass is 10.3. The highest BCUT2D eigenvalue weighted by atomic mass is 28.4. The van der Waals surface area contributed by atoms with E-state index in [9.17, 15) is 0 Å². The van der Waals surface area contributed by atoms with Crippen LogP contribution in [0.5, 0.6) is 0 Å². The molecule has 0 unspecified atom stereocenters. The first-order valence-corrected chi connectivity index (χ1v) is 17.5. The van der Waals surface area contributed by atoms with Gasteiger partial charge < -0.3 is 39.8 Å². The molecular weight excluding hydrogens is 480 g/mol. The Kier molecular flexibility index (Phi) is 16.3. The van der Waals surface area contributed by atoms with Crippen LogP contribution in [0.4, 0.5) is 0 Å². The van der Waals surface area contributed by atoms with Crippen LogP contribution in [0.3, 0.4) is 0 Å². The summed E-state index contributed by atoms with van der Waals surface area (Å²) < 4.78 is 53.7. The normalized spacial score (nSPS) is 13.8. The summed E-state index contributed by atoms with van der Waals surface area (Å²) in [4.78, 5) is 0. The van der Waals surface area contributed by atoms with E-state index < -0.39 is 32.5 Å². The second-order valence-electron chi connectivity index (χ2n) is 9.43. The largest absolute Gasteiger partial charge is 0.501 e. The van der Waals surface area contributed by atoms with Crippen LogP contribution in [0, 0.1) is 17.8 Å². The molecule has 0 aliphatic rings. The molecule has 0 saturated carbocycles. The van der Waals surface area contributed by atoms with Crippen molar-refractivity contribution < 1.29 is 39.8 Å². The summed E-state index contributed by atoms with van der Waals surface area (Å²) in [5.74, 6) is 1.04. The molecule has 0 aliphatic carbocycles. The molecule has 0 aromatic carbocycles. The van der Waals surface area contributed by atoms with E-state index in [-0.39, 0.29) is 13.2 Å². The molecule has 200 valence electrons. The van der Waals surface area contributed by atoms with Crippen molar-refractivity contribution in [3.8, 4) is 0 Å². The molecule has 0 aliphatic heterocycles. The lowest BCUT2D eigenvalue weighted by molar-refractivity contribution is -0.0276. The molecule has 0 aromatic heterocycles. The first-order chi connectivity index (χ1) is 15.4. The van der Waals surface area contributed by atoms with Crippen molar-refractivity contribution in [2.24, 2.45) is 17.8 Å². The van der Waals surface area contributed by atoms with Crippen LogP contribution in [0.1, 0.15) is 41.5 Å². The van der Waals surface area contributed by atoms with E-state index in [1.54, 1.807) is 42.7 Å². The van der Waals surface area contributed by atoms with Crippen LogP contribution in [-0.2, 0) is 39.8 Å². The molecule has 12 heteroatoms. The number of hydrogen-bond donors (Lipinski definition) is 0. The van der Waals surface area contributed by atoms with Crippen molar-refractivity contribution in [3.05, 3.63) is 0 Å². The monoisotopic (exact) mass is 530 g/mol. The Morgan fingerprint density at radius 3 is 0.970 bits per heavy atom. The Morgan fingerprint density at radius 1 is 0.455 bits per heavy atom. The molecule has 0 aromatic rings. The van der Waals surface area contributed by atoms with Gasteiger partial charge in [-0.05, 0) is 17.8 Å². The fraction of sp³-hybridized carbons (Fsp3) is 1.00. The van der Waals surface area contributed by atoms with Crippen LogP contribution in [0.25, 0.3) is 0 Å². The Morgan fingerprint density at radius 2 is 0.727 bits per heavy atom. The maximum atomic E-state index is 6.49. The first kappa shape index (κ1) is 33.3. The Labute approximate surface area is 205 Å². The fourth-order valence-electron chi connectivity index (χ4n) is 3.56. The molecule has 0 heterocycles. The molecule has 0 bridgehead atoms. The van der Waals surface area contributed by atoms with Gasteiger partial charge in [-0.15, -0.1) is 0 Å². The lowest BCUT2D eigenvalue weighted by Crippen LogP contribution is -2.54. The minimum Gasteiger partial charge on any atom is -0.377 e. The number of rotatable bonds is 20. The Hall–Kier alpha value is 0.291. The summed E-state index contributed by atoms with van der Waals surface area (Å²) in [7, 11) is 1.07. The molecule has 9 nitrogen and oxygen atoms in total. The van der Waals surface area contributed by atoms with E-state index in [1.807, 2.05) is 0 Å². The van der Waals surface area contributed by atoms with Crippen LogP contribution in [0.2, 0.25) is 18.1 Å². The number of hydrogen-bond acceptors (Lipinski definition) is 9. The summed E-state index contributed by atoms with van der Waals surface area (Å²) in [6.07, 6.45) is -0.482. The first-order valence-electron chi connectivity index (χ1n) is 11.7. The predicted molar refractivity (Wildman–Crippen MR) is 135 cm³/mol. The average molecular weight is 531 g/mol. The molecule has 0 spiro atoms. The molecule has 0 fully saturated rings. The fourth-order valence-corrected chi connectivity index (χ4v) is 10.6. The van der Waals surface area contributed by atoms with Gasteiger partial charge in [0.25, 0.3) is 0 Å². The van der Waals surface area contributed by atoms with Gasteiger partial charge in [-0.3, -0.25) is 0 Å². The standard InChI is InChI=1S/C21H50O9Si3/c1-18(2)15-31(22-7,23-8)28-13-21(30-33(26-11,27-12)17-20(5)6)14-29-32(24-9,25-10)16-19(3)4/h18-21H,13-17H2,1-12H3. The van der Waals surface area contributed by atoms with Crippen molar-refractivity contribution in [1.29, 1.82) is 0 Å². The third kappa shape index (κ3) is 11.7. The van der Waals surface area contributed by atoms with Crippen molar-refractivity contribution in [1.82, 2.24) is 0 Å². The SMILES string of the molecule is CO[Si](CC(C)C)(OC)OCC(CO[Si](CC(C)C)(OC)OC)O[Si](CC(C)C)(OC)OC. The van der Waals surface area contributed by atoms with E-state index in [2.05, 4.69) is 41.5 Å². The van der Waals surface area contributed by atoms with E-state index in [0.717, 1.165) is 0 Å². The zero-order chi connectivity index (χ0) is 25.7. The highest BCUT2D eigenvalue weighted by Crippen LogP contribution is 2.26. The molecule has 0 amide bonds. The topological polar surface area (TPSA) is 83.1 Å². The van der Waals surface area contributed by atoms with E-state index in [0.29, 0.717) is 35.9 Å². The van der Waals surface area contributed by atoms with Gasteiger partial charge in [0.1, 0.15) is 0 Å². The van der Waals surface area contributed by atoms with Gasteiger partial charge in [0.05, 0.1) is 19.3 Å². The summed E-state index contributed by atoms with van der Waals surface area (Å²) in [6, 6.07) is 2.06. The summed E-state index contributed by atoms with van der Waals surface area (Å²) >= 11 is 0. The van der Waals surface area contributed by atoms with Gasteiger partial charge >= 0.3 is 26.4 Å². The third-order valence-corrected chi connectivity index (χ3v) is 14.8. The molecular formula is C21H50O9Si3. The summed E-state index contributed by atoms with van der Waals surface area (Å²) in [6.45, 7) is 13.1. The third-order valence-electron chi connectivity index (χ3n) is 5.17. The van der Waals surface area contributed by atoms with Gasteiger partial charge in [-0.25, -0.2) is 0 Å². The van der Waals surface area contributed by atoms with Crippen LogP contribution in [0.15, 0.2) is 0 Å². The maximum absolute atomic E-state index is 6.49. The highest BCUT2D eigenvalue weighted by Gasteiger charge is 2.46. The predicted octanol–water partition coefficient (Wildman–Crippen LogP) is 4.07. The van der Waals surface area contributed by atoms with Crippen LogP contribution >= 0.6 is 0 Å². The van der Waals surface area contributed by atoms with Crippen molar-refractivity contribution in [2.45, 2.75) is 65.8 Å². The minimum absolute atomic E-state index is 0.208. The minimum atomic E-state index is -2.96. The zero-order valence-corrected chi connectivity index (χ0v) is 26.0. The second kappa shape index (κ2) is 16.1. The van der Waals surface area contributed by atoms with E-state index >= 15 is 0 Å². The highest BCUT2D eigenvalue weighted by molar-refractivity contribution is 6.61. The van der Waals surface area contributed by atoms with Crippen molar-refractivity contribution in [2.75, 3.05) is 55.9 Å². The second-order valence-corrected chi connectivity index (χ2v) is 18.0. The quantitative estimate of drug-likeness (QED) is 0.216. The van der Waals surface area contributed by atoms with E-state index in [1.165, 1.54) is 0 Å². The van der Waals surface area contributed by atoms with Gasteiger partial charge in [0.15, 0.2) is 0 Å². The maximum Gasteiger partial charge on any atom is 0.501 e. The van der Waals surface area contributed by atoms with Gasteiger partial charge in [-0.1, -0.05) is 41.5 Å². The molecule has 0 radical (unpaired) electrons. The lowest BCUT2D eigenvalue weighted by Gasteiger charge is -2.36. The van der Waals surface area contributed by atoms with Crippen LogP contribution < -0.4 is 0 Å². The van der Waals surface area contributed by atoms with Gasteiger partial charge in [-0.2, -0.15) is 0 Å². The van der Waals surface area contributed by atoms with Crippen molar-refractivity contribution in [3.63, 3.8) is 0 Å². The average Bonchev–Trinajstić information content (AvgIpc) is 2.77. The molecule has 0 rings (SSSR count). The molecule has 33 heavy (non-hydrogen) atoms. The van der Waals surface area contributed by atoms with Gasteiger partial charge in [0.2, 0.25) is 0 Å². The molecule has 0 saturated heterocycles. The zero-order valence-electron chi connectivity index (χ0n) is 23.0. The summed E-state index contributed by atoms with van der Waals surface area (Å²) in [5.41, 5.74) is 0. The molecule has 0 atom stereocenters. The van der Waals surface area contributed by atoms with Crippen LogP contribution in [-0.4, -0.2) is 88.4 Å². The smallest absolute Gasteiger partial charge is 0.377 e. The van der Waals surface area contributed by atoms with E-state index in [4.69, 9.17) is 39.8 Å². The van der Waals surface area contributed by atoms with Gasteiger partial charge in [0, 0.05) is 60.8 Å².